The van der Waals surface area contributed by atoms with Gasteiger partial charge in [-0.2, -0.15) is 5.10 Å². The Morgan fingerprint density at radius 3 is 3.00 bits per heavy atom. The van der Waals surface area contributed by atoms with Gasteiger partial charge in [0.25, 0.3) is 0 Å². The van der Waals surface area contributed by atoms with Crippen LogP contribution in [0.5, 0.6) is 0 Å². The fraction of sp³-hybridized carbons (Fsp3) is 0.357. The molecule has 5 nitrogen and oxygen atoms in total. The molecule has 1 aliphatic rings. The van der Waals surface area contributed by atoms with Crippen molar-refractivity contribution in [2.24, 2.45) is 11.0 Å². The predicted octanol–water partition coefficient (Wildman–Crippen LogP) is 2.25. The molecular weight excluding hydrogens is 274 g/mol. The number of anilines is 1. The molecule has 0 unspecified atom stereocenters. The van der Waals surface area contributed by atoms with Gasteiger partial charge < -0.3 is 5.32 Å². The third-order valence-electron chi connectivity index (χ3n) is 2.64. The second-order valence-corrected chi connectivity index (χ2v) is 6.10. The van der Waals surface area contributed by atoms with Crippen LogP contribution < -0.4 is 10.7 Å². The summed E-state index contributed by atoms with van der Waals surface area (Å²) in [5.41, 5.74) is 3.25. The van der Waals surface area contributed by atoms with Gasteiger partial charge >= 0.3 is 0 Å². The fourth-order valence-corrected chi connectivity index (χ4v) is 2.81. The summed E-state index contributed by atoms with van der Waals surface area (Å²) < 4.78 is 0. The monoisotopic (exact) mass is 291 g/mol. The zero-order valence-electron chi connectivity index (χ0n) is 11.4. The molecule has 0 saturated heterocycles. The maximum atomic E-state index is 11.9. The molecule has 106 valence electrons. The van der Waals surface area contributed by atoms with Crippen molar-refractivity contribution in [3.05, 3.63) is 24.3 Å². The highest BCUT2D eigenvalue weighted by molar-refractivity contribution is 8.01. The van der Waals surface area contributed by atoms with Crippen LogP contribution in [-0.4, -0.2) is 23.3 Å². The molecule has 1 heterocycles. The van der Waals surface area contributed by atoms with Crippen LogP contribution in [0.2, 0.25) is 0 Å². The zero-order valence-corrected chi connectivity index (χ0v) is 12.2. The first-order valence-electron chi connectivity index (χ1n) is 6.45. The number of nitrogens with zero attached hydrogens (tertiary/aromatic N) is 1. The maximum Gasteiger partial charge on any atom is 0.241 e. The van der Waals surface area contributed by atoms with E-state index in [1.165, 1.54) is 11.8 Å². The Morgan fingerprint density at radius 1 is 1.50 bits per heavy atom. The van der Waals surface area contributed by atoms with Gasteiger partial charge in [-0.3, -0.25) is 9.59 Å². The Labute approximate surface area is 122 Å². The minimum Gasteiger partial charge on any atom is -0.324 e. The Morgan fingerprint density at radius 2 is 2.25 bits per heavy atom. The Balaban J connectivity index is 1.94. The van der Waals surface area contributed by atoms with Gasteiger partial charge in [-0.05, 0) is 18.1 Å². The fourth-order valence-electron chi connectivity index (χ4n) is 1.70. The van der Waals surface area contributed by atoms with E-state index in [-0.39, 0.29) is 24.2 Å². The zero-order chi connectivity index (χ0) is 14.5. The van der Waals surface area contributed by atoms with Crippen LogP contribution >= 0.6 is 11.8 Å². The Hall–Kier alpha value is -1.82. The van der Waals surface area contributed by atoms with Gasteiger partial charge in [0.05, 0.1) is 10.9 Å². The molecule has 0 fully saturated rings. The molecule has 2 amide bonds. The van der Waals surface area contributed by atoms with Crippen molar-refractivity contribution < 1.29 is 9.59 Å². The van der Waals surface area contributed by atoms with E-state index in [4.69, 9.17) is 0 Å². The molecule has 6 heteroatoms. The summed E-state index contributed by atoms with van der Waals surface area (Å²) in [4.78, 5) is 24.6. The van der Waals surface area contributed by atoms with Crippen LogP contribution in [-0.2, 0) is 9.59 Å². The van der Waals surface area contributed by atoms with Crippen LogP contribution in [0.15, 0.2) is 34.3 Å². The van der Waals surface area contributed by atoms with Crippen molar-refractivity contribution >= 4 is 35.5 Å². The third-order valence-corrected chi connectivity index (χ3v) is 3.91. The molecular formula is C14H17N3O2S. The molecule has 20 heavy (non-hydrogen) atoms. The number of benzene rings is 1. The summed E-state index contributed by atoms with van der Waals surface area (Å²) >= 11 is 1.41. The predicted molar refractivity (Wildman–Crippen MR) is 80.8 cm³/mol. The van der Waals surface area contributed by atoms with Gasteiger partial charge in [0.15, 0.2) is 0 Å². The second kappa shape index (κ2) is 6.56. The van der Waals surface area contributed by atoms with Gasteiger partial charge in [-0.25, -0.2) is 5.43 Å². The third kappa shape index (κ3) is 3.84. The van der Waals surface area contributed by atoms with Crippen LogP contribution in [0.25, 0.3) is 0 Å². The van der Waals surface area contributed by atoms with E-state index in [1.54, 1.807) is 6.21 Å². The number of fused-ring (bicyclic) bond motifs is 1. The van der Waals surface area contributed by atoms with Crippen molar-refractivity contribution in [2.75, 3.05) is 5.32 Å². The van der Waals surface area contributed by atoms with E-state index in [0.717, 1.165) is 10.6 Å². The molecule has 1 atom stereocenters. The first-order chi connectivity index (χ1) is 9.56. The molecule has 0 bridgehead atoms. The highest BCUT2D eigenvalue weighted by Crippen LogP contribution is 2.36. The van der Waals surface area contributed by atoms with Gasteiger partial charge in [-0.1, -0.05) is 26.0 Å². The maximum absolute atomic E-state index is 11.9. The average Bonchev–Trinajstić information content (AvgIpc) is 2.39. The number of nitrogens with one attached hydrogen (secondary N) is 2. The lowest BCUT2D eigenvalue weighted by molar-refractivity contribution is -0.124. The quantitative estimate of drug-likeness (QED) is 0.660. The van der Waals surface area contributed by atoms with Crippen molar-refractivity contribution in [2.45, 2.75) is 30.4 Å². The molecule has 1 aromatic carbocycles. The number of amides is 2. The van der Waals surface area contributed by atoms with E-state index < -0.39 is 5.25 Å². The number of hydrazone groups is 1. The first-order valence-corrected chi connectivity index (χ1v) is 7.33. The number of para-hydroxylation sites is 1. The molecule has 0 spiro atoms. The van der Waals surface area contributed by atoms with E-state index in [2.05, 4.69) is 15.8 Å². The lowest BCUT2D eigenvalue weighted by Gasteiger charge is -2.23. The van der Waals surface area contributed by atoms with Crippen LogP contribution in [0.3, 0.4) is 0 Å². The lowest BCUT2D eigenvalue weighted by atomic mass is 10.2. The molecule has 2 N–H and O–H groups in total. The minimum atomic E-state index is -0.417. The lowest BCUT2D eigenvalue weighted by Crippen LogP contribution is -2.33. The molecule has 1 aromatic rings. The number of carbonyl (C=O) groups is 2. The summed E-state index contributed by atoms with van der Waals surface area (Å²) in [6.07, 6.45) is 1.77. The van der Waals surface area contributed by atoms with Crippen molar-refractivity contribution in [3.8, 4) is 0 Å². The van der Waals surface area contributed by atoms with E-state index in [0.29, 0.717) is 0 Å². The summed E-state index contributed by atoms with van der Waals surface area (Å²) in [7, 11) is 0. The van der Waals surface area contributed by atoms with Gasteiger partial charge in [0, 0.05) is 17.5 Å². The molecule has 0 aromatic heterocycles. The van der Waals surface area contributed by atoms with Gasteiger partial charge in [0.1, 0.15) is 0 Å². The number of thioether (sulfide) groups is 1. The summed E-state index contributed by atoms with van der Waals surface area (Å²) in [5.74, 6) is -0.125. The molecule has 0 aliphatic carbocycles. The standard InChI is InChI=1S/C14H17N3O2S/c1-9(2)8-15-17-13(18)7-12-14(19)16-10-5-3-4-6-11(10)20-12/h3-6,8-9,12H,7H2,1-2H3,(H,16,19)(H,17,18)/b15-8-/t12-/m0/s1. The smallest absolute Gasteiger partial charge is 0.241 e. The normalized spacial score (nSPS) is 17.9. The SMILES string of the molecule is CC(C)/C=N\NC(=O)C[C@@H]1Sc2ccccc2NC1=O. The minimum absolute atomic E-state index is 0.111. The van der Waals surface area contributed by atoms with Gasteiger partial charge in [0.2, 0.25) is 11.8 Å². The van der Waals surface area contributed by atoms with E-state index >= 15 is 0 Å². The average molecular weight is 291 g/mol. The largest absolute Gasteiger partial charge is 0.324 e. The van der Waals surface area contributed by atoms with Gasteiger partial charge in [-0.15, -0.1) is 11.8 Å². The summed E-state index contributed by atoms with van der Waals surface area (Å²) in [6, 6.07) is 7.56. The summed E-state index contributed by atoms with van der Waals surface area (Å²) in [6.45, 7) is 3.94. The second-order valence-electron chi connectivity index (χ2n) is 4.85. The molecule has 0 saturated carbocycles. The van der Waals surface area contributed by atoms with Crippen LogP contribution in [0, 0.1) is 5.92 Å². The highest BCUT2D eigenvalue weighted by atomic mass is 32.2. The highest BCUT2D eigenvalue weighted by Gasteiger charge is 2.28. The number of rotatable bonds is 4. The number of hydrogen-bond acceptors (Lipinski definition) is 4. The van der Waals surface area contributed by atoms with Crippen LogP contribution in [0.4, 0.5) is 5.69 Å². The topological polar surface area (TPSA) is 70.6 Å². The van der Waals surface area contributed by atoms with Crippen LogP contribution in [0.1, 0.15) is 20.3 Å². The number of carbonyl (C=O) groups excluding carboxylic acids is 2. The Kier molecular flexibility index (Phi) is 4.79. The molecule has 2 rings (SSSR count). The van der Waals surface area contributed by atoms with Crippen molar-refractivity contribution in [3.63, 3.8) is 0 Å². The van der Waals surface area contributed by atoms with Crippen molar-refractivity contribution in [1.82, 2.24) is 5.43 Å². The first kappa shape index (κ1) is 14.6. The van der Waals surface area contributed by atoms with Crippen molar-refractivity contribution in [1.29, 1.82) is 0 Å². The van der Waals surface area contributed by atoms with E-state index in [9.17, 15) is 9.59 Å². The summed E-state index contributed by atoms with van der Waals surface area (Å²) in [5, 5.41) is 6.23. The number of hydrogen-bond donors (Lipinski definition) is 2. The van der Waals surface area contributed by atoms with E-state index in [1.807, 2.05) is 38.1 Å². The molecule has 1 aliphatic heterocycles. The molecule has 0 radical (unpaired) electrons. The Bertz CT molecular complexity index is 543.